The van der Waals surface area contributed by atoms with Crippen molar-refractivity contribution in [3.63, 3.8) is 0 Å². The first-order chi connectivity index (χ1) is 12.7. The highest BCUT2D eigenvalue weighted by Crippen LogP contribution is 2.47. The van der Waals surface area contributed by atoms with Crippen molar-refractivity contribution in [2.24, 2.45) is 11.3 Å². The Kier molecular flexibility index (Phi) is 7.95. The Hall–Kier alpha value is -1.30. The van der Waals surface area contributed by atoms with E-state index in [0.29, 0.717) is 12.0 Å². The molecule has 1 spiro atoms. The molecule has 2 rings (SSSR count). The van der Waals surface area contributed by atoms with Gasteiger partial charge >= 0.3 is 12.1 Å². The monoisotopic (exact) mass is 382 g/mol. The zero-order valence-corrected chi connectivity index (χ0v) is 17.4. The summed E-state index contributed by atoms with van der Waals surface area (Å²) < 4.78 is 5.24. The van der Waals surface area contributed by atoms with Crippen LogP contribution in [0.15, 0.2) is 0 Å². The molecule has 156 valence electrons. The molecule has 1 saturated heterocycles. The summed E-state index contributed by atoms with van der Waals surface area (Å²) in [7, 11) is 0. The first kappa shape index (κ1) is 22.0. The lowest BCUT2D eigenvalue weighted by Gasteiger charge is -2.45. The molecule has 6 heteroatoms. The molecule has 2 fully saturated rings. The van der Waals surface area contributed by atoms with E-state index < -0.39 is 11.6 Å². The van der Waals surface area contributed by atoms with Crippen molar-refractivity contribution in [1.29, 1.82) is 0 Å². The van der Waals surface area contributed by atoms with E-state index in [2.05, 4.69) is 10.2 Å². The minimum atomic E-state index is -0.712. The number of unbranched alkanes of at least 4 members (excludes halogenated alkanes) is 1. The Morgan fingerprint density at radius 2 is 1.74 bits per heavy atom. The number of alkyl carbamates (subject to hydrolysis) is 1. The Bertz CT molecular complexity index is 483. The van der Waals surface area contributed by atoms with Crippen LogP contribution in [0.4, 0.5) is 4.79 Å². The van der Waals surface area contributed by atoms with Crippen molar-refractivity contribution >= 4 is 12.1 Å². The first-order valence-corrected chi connectivity index (χ1v) is 10.6. The molecule has 0 bridgehead atoms. The van der Waals surface area contributed by atoms with Crippen molar-refractivity contribution in [3.05, 3.63) is 0 Å². The van der Waals surface area contributed by atoms with Gasteiger partial charge < -0.3 is 15.2 Å². The maximum absolute atomic E-state index is 11.6. The number of carbonyl (C=O) groups excluding carboxylic acids is 1. The number of nitrogens with one attached hydrogen (secondary N) is 1. The predicted molar refractivity (Wildman–Crippen MR) is 106 cm³/mol. The SMILES string of the molecule is CC(C)(C)OC(=O)NCCCCC1CCC2(CC1)CCN(CC(=O)O)CC2. The molecule has 0 aromatic rings. The van der Waals surface area contributed by atoms with Crippen molar-refractivity contribution in [1.82, 2.24) is 10.2 Å². The van der Waals surface area contributed by atoms with Crippen LogP contribution in [0.5, 0.6) is 0 Å². The van der Waals surface area contributed by atoms with Gasteiger partial charge in [-0.2, -0.15) is 0 Å². The molecule has 1 heterocycles. The summed E-state index contributed by atoms with van der Waals surface area (Å²) in [6.45, 7) is 8.37. The zero-order valence-electron chi connectivity index (χ0n) is 17.4. The van der Waals surface area contributed by atoms with Crippen LogP contribution in [0.25, 0.3) is 0 Å². The number of nitrogens with zero attached hydrogens (tertiary/aromatic N) is 1. The molecule has 1 aliphatic carbocycles. The van der Waals surface area contributed by atoms with Crippen molar-refractivity contribution < 1.29 is 19.4 Å². The zero-order chi connectivity index (χ0) is 19.9. The lowest BCUT2D eigenvalue weighted by molar-refractivity contribution is -0.139. The molecule has 6 nitrogen and oxygen atoms in total. The van der Waals surface area contributed by atoms with Crippen LogP contribution in [0.2, 0.25) is 0 Å². The van der Waals surface area contributed by atoms with Crippen LogP contribution in [0.1, 0.15) is 78.6 Å². The number of rotatable bonds is 7. The largest absolute Gasteiger partial charge is 0.480 e. The van der Waals surface area contributed by atoms with E-state index in [4.69, 9.17) is 9.84 Å². The minimum absolute atomic E-state index is 0.191. The van der Waals surface area contributed by atoms with Crippen LogP contribution in [-0.2, 0) is 9.53 Å². The minimum Gasteiger partial charge on any atom is -0.480 e. The van der Waals surface area contributed by atoms with E-state index in [1.54, 1.807) is 0 Å². The van der Waals surface area contributed by atoms with E-state index in [1.165, 1.54) is 32.1 Å². The van der Waals surface area contributed by atoms with Crippen LogP contribution in [0, 0.1) is 11.3 Å². The average Bonchev–Trinajstić information content (AvgIpc) is 2.57. The number of amides is 1. The van der Waals surface area contributed by atoms with Gasteiger partial charge in [-0.3, -0.25) is 9.69 Å². The van der Waals surface area contributed by atoms with Gasteiger partial charge in [-0.1, -0.05) is 12.8 Å². The summed E-state index contributed by atoms with van der Waals surface area (Å²) in [6.07, 6.45) is 10.6. The molecule has 0 atom stereocenters. The topological polar surface area (TPSA) is 78.9 Å². The van der Waals surface area contributed by atoms with Gasteiger partial charge in [-0.05, 0) is 90.1 Å². The molecule has 0 aromatic carbocycles. The Labute approximate surface area is 164 Å². The highest BCUT2D eigenvalue weighted by Gasteiger charge is 2.38. The van der Waals surface area contributed by atoms with Crippen LogP contribution in [0.3, 0.4) is 0 Å². The maximum atomic E-state index is 11.6. The second-order valence-electron chi connectivity index (χ2n) is 9.54. The first-order valence-electron chi connectivity index (χ1n) is 10.6. The molecular weight excluding hydrogens is 344 g/mol. The third kappa shape index (κ3) is 8.08. The Morgan fingerprint density at radius 3 is 2.30 bits per heavy atom. The van der Waals surface area contributed by atoms with Gasteiger partial charge in [0.1, 0.15) is 5.60 Å². The number of carbonyl (C=O) groups is 2. The van der Waals surface area contributed by atoms with Gasteiger partial charge in [-0.25, -0.2) is 4.79 Å². The van der Waals surface area contributed by atoms with E-state index in [1.807, 2.05) is 20.8 Å². The van der Waals surface area contributed by atoms with Gasteiger partial charge in [0.25, 0.3) is 0 Å². The molecular formula is C21H38N2O4. The Morgan fingerprint density at radius 1 is 1.11 bits per heavy atom. The summed E-state index contributed by atoms with van der Waals surface area (Å²) in [5.74, 6) is 0.102. The highest BCUT2D eigenvalue weighted by molar-refractivity contribution is 5.69. The van der Waals surface area contributed by atoms with Crippen molar-refractivity contribution in [2.75, 3.05) is 26.2 Å². The van der Waals surface area contributed by atoms with E-state index in [9.17, 15) is 9.59 Å². The maximum Gasteiger partial charge on any atom is 0.407 e. The fourth-order valence-electron chi connectivity index (χ4n) is 4.52. The van der Waals surface area contributed by atoms with Gasteiger partial charge in [0.2, 0.25) is 0 Å². The van der Waals surface area contributed by atoms with Crippen molar-refractivity contribution in [2.45, 2.75) is 84.2 Å². The van der Waals surface area contributed by atoms with E-state index >= 15 is 0 Å². The number of carboxylic acids is 1. The van der Waals surface area contributed by atoms with Crippen LogP contribution >= 0.6 is 0 Å². The Balaban J connectivity index is 1.55. The lowest BCUT2D eigenvalue weighted by atomic mass is 9.65. The summed E-state index contributed by atoms with van der Waals surface area (Å²) in [6, 6.07) is 0. The van der Waals surface area contributed by atoms with Crippen LogP contribution in [-0.4, -0.2) is 53.8 Å². The van der Waals surface area contributed by atoms with Gasteiger partial charge in [0.05, 0.1) is 6.54 Å². The highest BCUT2D eigenvalue weighted by atomic mass is 16.6. The van der Waals surface area contributed by atoms with Gasteiger partial charge in [0, 0.05) is 6.54 Å². The molecule has 1 amide bonds. The molecule has 1 aliphatic heterocycles. The molecule has 0 radical (unpaired) electrons. The fraction of sp³-hybridized carbons (Fsp3) is 0.905. The quantitative estimate of drug-likeness (QED) is 0.650. The predicted octanol–water partition coefficient (Wildman–Crippen LogP) is 4.04. The number of aliphatic carboxylic acids is 1. The van der Waals surface area contributed by atoms with E-state index in [-0.39, 0.29) is 12.6 Å². The summed E-state index contributed by atoms with van der Waals surface area (Å²) >= 11 is 0. The summed E-state index contributed by atoms with van der Waals surface area (Å²) in [5, 5.41) is 11.8. The van der Waals surface area contributed by atoms with Crippen LogP contribution < -0.4 is 5.32 Å². The summed E-state index contributed by atoms with van der Waals surface area (Å²) in [5.41, 5.74) is 0.0374. The fourth-order valence-corrected chi connectivity index (χ4v) is 4.52. The number of hydrogen-bond acceptors (Lipinski definition) is 4. The molecule has 27 heavy (non-hydrogen) atoms. The number of carboxylic acid groups (broad SMARTS) is 1. The molecule has 2 N–H and O–H groups in total. The second kappa shape index (κ2) is 9.76. The second-order valence-corrected chi connectivity index (χ2v) is 9.54. The number of likely N-dealkylation sites (tertiary alicyclic amines) is 1. The number of ether oxygens (including phenoxy) is 1. The number of piperidine rings is 1. The third-order valence-electron chi connectivity index (χ3n) is 6.15. The molecule has 2 aliphatic rings. The molecule has 1 saturated carbocycles. The average molecular weight is 383 g/mol. The molecule has 0 unspecified atom stereocenters. The van der Waals surface area contributed by atoms with Gasteiger partial charge in [-0.15, -0.1) is 0 Å². The van der Waals surface area contributed by atoms with Crippen molar-refractivity contribution in [3.8, 4) is 0 Å². The van der Waals surface area contributed by atoms with E-state index in [0.717, 1.165) is 44.7 Å². The smallest absolute Gasteiger partial charge is 0.407 e. The normalized spacial score (nSPS) is 21.1. The third-order valence-corrected chi connectivity index (χ3v) is 6.15. The summed E-state index contributed by atoms with van der Waals surface area (Å²) in [4.78, 5) is 24.5. The lowest BCUT2D eigenvalue weighted by Crippen LogP contribution is -2.43. The number of hydrogen-bond donors (Lipinski definition) is 2. The molecule has 0 aromatic heterocycles. The standard InChI is InChI=1S/C21H38N2O4/c1-20(2,3)27-19(26)22-13-5-4-6-17-7-9-21(10-8-17)11-14-23(15-12-21)16-18(24)25/h17H,4-16H2,1-3H3,(H,22,26)(H,24,25). The van der Waals surface area contributed by atoms with Gasteiger partial charge in [0.15, 0.2) is 0 Å².